The van der Waals surface area contributed by atoms with E-state index in [1.54, 1.807) is 0 Å². The highest BCUT2D eigenvalue weighted by atomic mass is 16.5. The van der Waals surface area contributed by atoms with Crippen LogP contribution in [0.25, 0.3) is 11.0 Å². The van der Waals surface area contributed by atoms with Crippen molar-refractivity contribution in [2.24, 2.45) is 0 Å². The zero-order valence-corrected chi connectivity index (χ0v) is 10.9. The Bertz CT molecular complexity index is 431. The summed E-state index contributed by atoms with van der Waals surface area (Å²) < 4.78 is 11.2. The second-order valence-corrected chi connectivity index (χ2v) is 4.39. The van der Waals surface area contributed by atoms with Crippen LogP contribution in [0.3, 0.4) is 0 Å². The van der Waals surface area contributed by atoms with Gasteiger partial charge in [-0.25, -0.2) is 0 Å². The minimum Gasteiger partial charge on any atom is -0.460 e. The number of fused-ring (bicyclic) bond motifs is 1. The summed E-state index contributed by atoms with van der Waals surface area (Å²) >= 11 is 0. The van der Waals surface area contributed by atoms with Gasteiger partial charge >= 0.3 is 0 Å². The van der Waals surface area contributed by atoms with E-state index < -0.39 is 0 Å². The van der Waals surface area contributed by atoms with E-state index in [1.807, 2.05) is 18.2 Å². The number of rotatable bonds is 8. The number of hydrogen-bond acceptors (Lipinski definition) is 3. The quantitative estimate of drug-likeness (QED) is 0.726. The molecule has 1 aromatic heterocycles. The van der Waals surface area contributed by atoms with Gasteiger partial charge in [-0.3, -0.25) is 0 Å². The molecule has 0 aliphatic carbocycles. The van der Waals surface area contributed by atoms with Gasteiger partial charge in [-0.2, -0.15) is 0 Å². The number of unbranched alkanes of at least 4 members (excludes halogenated alkanes) is 1. The van der Waals surface area contributed by atoms with E-state index in [9.17, 15) is 0 Å². The Labute approximate surface area is 108 Å². The van der Waals surface area contributed by atoms with Gasteiger partial charge in [-0.15, -0.1) is 0 Å². The molecule has 18 heavy (non-hydrogen) atoms. The van der Waals surface area contributed by atoms with Crippen molar-refractivity contribution in [2.75, 3.05) is 19.8 Å². The van der Waals surface area contributed by atoms with Gasteiger partial charge in [0.25, 0.3) is 0 Å². The molecule has 0 bridgehead atoms. The Morgan fingerprint density at radius 3 is 2.94 bits per heavy atom. The molecule has 2 aromatic rings. The van der Waals surface area contributed by atoms with E-state index in [-0.39, 0.29) is 0 Å². The average molecular weight is 247 g/mol. The van der Waals surface area contributed by atoms with Gasteiger partial charge < -0.3 is 14.5 Å². The van der Waals surface area contributed by atoms with E-state index in [0.29, 0.717) is 0 Å². The highest BCUT2D eigenvalue weighted by Crippen LogP contribution is 2.18. The topological polar surface area (TPSA) is 34.4 Å². The lowest BCUT2D eigenvalue weighted by molar-refractivity contribution is 0.132. The van der Waals surface area contributed by atoms with Gasteiger partial charge in [0.1, 0.15) is 11.3 Å². The summed E-state index contributed by atoms with van der Waals surface area (Å²) in [6.07, 6.45) is 2.33. The molecular weight excluding hydrogens is 226 g/mol. The molecule has 3 nitrogen and oxygen atoms in total. The molecule has 1 N–H and O–H groups in total. The lowest BCUT2D eigenvalue weighted by Crippen LogP contribution is -2.19. The molecule has 0 unspecified atom stereocenters. The zero-order chi connectivity index (χ0) is 12.6. The third-order valence-electron chi connectivity index (χ3n) is 2.84. The third kappa shape index (κ3) is 3.86. The maximum absolute atomic E-state index is 5.71. The Morgan fingerprint density at radius 1 is 1.22 bits per heavy atom. The molecule has 0 atom stereocenters. The summed E-state index contributed by atoms with van der Waals surface area (Å²) in [5.41, 5.74) is 0.952. The molecule has 1 heterocycles. The maximum Gasteiger partial charge on any atom is 0.134 e. The average Bonchev–Trinajstić information content (AvgIpc) is 2.80. The Balaban J connectivity index is 1.67. The SMILES string of the molecule is CCCCOCCNCc1cc2ccccc2o1. The highest BCUT2D eigenvalue weighted by molar-refractivity contribution is 5.77. The van der Waals surface area contributed by atoms with Crippen molar-refractivity contribution in [3.8, 4) is 0 Å². The van der Waals surface area contributed by atoms with E-state index >= 15 is 0 Å². The van der Waals surface area contributed by atoms with E-state index in [4.69, 9.17) is 9.15 Å². The van der Waals surface area contributed by atoms with Crippen molar-refractivity contribution in [1.29, 1.82) is 0 Å². The van der Waals surface area contributed by atoms with Crippen molar-refractivity contribution in [2.45, 2.75) is 26.3 Å². The maximum atomic E-state index is 5.71. The van der Waals surface area contributed by atoms with Crippen LogP contribution in [-0.4, -0.2) is 19.8 Å². The number of benzene rings is 1. The Morgan fingerprint density at radius 2 is 2.11 bits per heavy atom. The summed E-state index contributed by atoms with van der Waals surface area (Å²) in [4.78, 5) is 0. The largest absolute Gasteiger partial charge is 0.460 e. The van der Waals surface area contributed by atoms with Gasteiger partial charge in [-0.05, 0) is 18.6 Å². The van der Waals surface area contributed by atoms with E-state index in [1.165, 1.54) is 6.42 Å². The van der Waals surface area contributed by atoms with Crippen molar-refractivity contribution in [1.82, 2.24) is 5.32 Å². The predicted octanol–water partition coefficient (Wildman–Crippen LogP) is 3.34. The lowest BCUT2D eigenvalue weighted by Gasteiger charge is -2.03. The number of ether oxygens (including phenoxy) is 1. The van der Waals surface area contributed by atoms with Crippen LogP contribution < -0.4 is 5.32 Å². The van der Waals surface area contributed by atoms with Gasteiger partial charge in [0.2, 0.25) is 0 Å². The Hall–Kier alpha value is -1.32. The number of nitrogens with one attached hydrogen (secondary N) is 1. The summed E-state index contributed by atoms with van der Waals surface area (Å²) in [5.74, 6) is 0.977. The molecule has 2 rings (SSSR count). The fraction of sp³-hybridized carbons (Fsp3) is 0.467. The first-order chi connectivity index (χ1) is 8.90. The second-order valence-electron chi connectivity index (χ2n) is 4.39. The fourth-order valence-electron chi connectivity index (χ4n) is 1.83. The van der Waals surface area contributed by atoms with Crippen molar-refractivity contribution in [3.05, 3.63) is 36.1 Å². The molecule has 0 amide bonds. The van der Waals surface area contributed by atoms with Crippen LogP contribution in [0.15, 0.2) is 34.7 Å². The van der Waals surface area contributed by atoms with Crippen molar-refractivity contribution >= 4 is 11.0 Å². The molecule has 98 valence electrons. The van der Waals surface area contributed by atoms with Crippen molar-refractivity contribution in [3.63, 3.8) is 0 Å². The molecule has 0 saturated carbocycles. The first-order valence-corrected chi connectivity index (χ1v) is 6.66. The number of para-hydroxylation sites is 1. The summed E-state index contributed by atoms with van der Waals surface area (Å²) in [5, 5.41) is 4.48. The van der Waals surface area contributed by atoms with Crippen LogP contribution in [0.1, 0.15) is 25.5 Å². The molecule has 0 aliphatic heterocycles. The fourth-order valence-corrected chi connectivity index (χ4v) is 1.83. The normalized spacial score (nSPS) is 11.2. The van der Waals surface area contributed by atoms with Crippen molar-refractivity contribution < 1.29 is 9.15 Å². The van der Waals surface area contributed by atoms with Crippen LogP contribution in [0.2, 0.25) is 0 Å². The molecule has 0 aliphatic rings. The number of hydrogen-bond donors (Lipinski definition) is 1. The molecular formula is C15H21NO2. The zero-order valence-electron chi connectivity index (χ0n) is 10.9. The minimum absolute atomic E-state index is 0.756. The van der Waals surface area contributed by atoms with Gasteiger partial charge in [0.15, 0.2) is 0 Å². The minimum atomic E-state index is 0.756. The van der Waals surface area contributed by atoms with E-state index in [0.717, 1.165) is 49.5 Å². The van der Waals surface area contributed by atoms with Crippen LogP contribution in [-0.2, 0) is 11.3 Å². The summed E-state index contributed by atoms with van der Waals surface area (Å²) in [6.45, 7) is 5.42. The molecule has 0 radical (unpaired) electrons. The smallest absolute Gasteiger partial charge is 0.134 e. The standard InChI is InChI=1S/C15H21NO2/c1-2-3-9-17-10-8-16-12-14-11-13-6-4-5-7-15(13)18-14/h4-7,11,16H,2-3,8-10,12H2,1H3. The summed E-state index contributed by atoms with van der Waals surface area (Å²) in [6, 6.07) is 10.2. The molecule has 0 fully saturated rings. The van der Waals surface area contributed by atoms with Gasteiger partial charge in [0.05, 0.1) is 13.2 Å². The van der Waals surface area contributed by atoms with E-state index in [2.05, 4.69) is 24.4 Å². The van der Waals surface area contributed by atoms with Gasteiger partial charge in [-0.1, -0.05) is 31.5 Å². The third-order valence-corrected chi connectivity index (χ3v) is 2.84. The lowest BCUT2D eigenvalue weighted by atomic mass is 10.2. The highest BCUT2D eigenvalue weighted by Gasteiger charge is 2.01. The number of furan rings is 1. The predicted molar refractivity (Wildman–Crippen MR) is 73.6 cm³/mol. The monoisotopic (exact) mass is 247 g/mol. The molecule has 1 aromatic carbocycles. The van der Waals surface area contributed by atoms with Crippen LogP contribution in [0.4, 0.5) is 0 Å². The summed E-state index contributed by atoms with van der Waals surface area (Å²) in [7, 11) is 0. The van der Waals surface area contributed by atoms with Crippen LogP contribution in [0.5, 0.6) is 0 Å². The molecule has 3 heteroatoms. The molecule has 0 saturated heterocycles. The second kappa shape index (κ2) is 7.19. The van der Waals surface area contributed by atoms with Gasteiger partial charge in [0, 0.05) is 18.5 Å². The van der Waals surface area contributed by atoms with Crippen LogP contribution >= 0.6 is 0 Å². The first kappa shape index (κ1) is 13.1. The Kier molecular flexibility index (Phi) is 5.24. The van der Waals surface area contributed by atoms with Crippen LogP contribution in [0, 0.1) is 0 Å². The first-order valence-electron chi connectivity index (χ1n) is 6.66. The molecule has 0 spiro atoms.